The average molecular weight is 188 g/mol. The van der Waals surface area contributed by atoms with Crippen LogP contribution in [0.3, 0.4) is 0 Å². The molecule has 0 amide bonds. The van der Waals surface area contributed by atoms with Crippen molar-refractivity contribution in [3.05, 3.63) is 36.8 Å². The molecule has 1 unspecified atom stereocenters. The molecule has 1 aromatic carbocycles. The van der Waals surface area contributed by atoms with Gasteiger partial charge in [0.05, 0.1) is 0 Å². The molecule has 0 aliphatic carbocycles. The van der Waals surface area contributed by atoms with Crippen molar-refractivity contribution in [3.8, 4) is 0 Å². The summed E-state index contributed by atoms with van der Waals surface area (Å²) < 4.78 is 0. The van der Waals surface area contributed by atoms with Crippen LogP contribution in [0.25, 0.3) is 0 Å². The first-order valence-corrected chi connectivity index (χ1v) is 5.46. The smallest absolute Gasteiger partial charge is 0.0368 e. The average Bonchev–Trinajstić information content (AvgIpc) is 2.20. The Balaban J connectivity index is 2.16. The van der Waals surface area contributed by atoms with Gasteiger partial charge < -0.3 is 4.90 Å². The summed E-state index contributed by atoms with van der Waals surface area (Å²) in [6, 6.07) is 9.25. The van der Waals surface area contributed by atoms with Crippen molar-refractivity contribution >= 4 is 5.69 Å². The predicted molar refractivity (Wildman–Crippen MR) is 61.6 cm³/mol. The summed E-state index contributed by atoms with van der Waals surface area (Å²) in [6.45, 7) is 7.43. The van der Waals surface area contributed by atoms with E-state index < -0.39 is 0 Å². The van der Waals surface area contributed by atoms with Crippen LogP contribution in [0.2, 0.25) is 0 Å². The maximum Gasteiger partial charge on any atom is 0.0368 e. The van der Waals surface area contributed by atoms with Gasteiger partial charge in [-0.05, 0) is 50.8 Å². The van der Waals surface area contributed by atoms with Gasteiger partial charge in [0.2, 0.25) is 0 Å². The highest BCUT2D eigenvalue weighted by Crippen LogP contribution is 2.24. The zero-order valence-electron chi connectivity index (χ0n) is 8.87. The van der Waals surface area contributed by atoms with Gasteiger partial charge in [0.15, 0.2) is 0 Å². The van der Waals surface area contributed by atoms with E-state index in [1.54, 1.807) is 0 Å². The Kier molecular flexibility index (Phi) is 2.76. The molecule has 1 heterocycles. The SMILES string of the molecule is [CH2]c1ccc(N2CCCCC2C)cc1. The molecule has 0 bridgehead atoms. The van der Waals surface area contributed by atoms with Crippen molar-refractivity contribution in [1.82, 2.24) is 0 Å². The van der Waals surface area contributed by atoms with Gasteiger partial charge >= 0.3 is 0 Å². The van der Waals surface area contributed by atoms with Crippen LogP contribution in [-0.4, -0.2) is 12.6 Å². The maximum atomic E-state index is 3.91. The lowest BCUT2D eigenvalue weighted by molar-refractivity contribution is 0.485. The molecule has 0 spiro atoms. The Bertz CT molecular complexity index is 289. The minimum atomic E-state index is 0.694. The summed E-state index contributed by atoms with van der Waals surface area (Å²) in [6.07, 6.45) is 4.04. The van der Waals surface area contributed by atoms with Crippen LogP contribution < -0.4 is 4.90 Å². The second-order valence-corrected chi connectivity index (χ2v) is 4.20. The Morgan fingerprint density at radius 3 is 2.57 bits per heavy atom. The monoisotopic (exact) mass is 188 g/mol. The topological polar surface area (TPSA) is 3.24 Å². The minimum absolute atomic E-state index is 0.694. The number of nitrogens with zero attached hydrogens (tertiary/aromatic N) is 1. The second-order valence-electron chi connectivity index (χ2n) is 4.20. The predicted octanol–water partition coefficient (Wildman–Crippen LogP) is 3.25. The lowest BCUT2D eigenvalue weighted by atomic mass is 10.0. The molecule has 1 saturated heterocycles. The molecule has 1 radical (unpaired) electrons. The summed E-state index contributed by atoms with van der Waals surface area (Å²) in [5.41, 5.74) is 2.45. The number of piperidine rings is 1. The second kappa shape index (κ2) is 4.04. The largest absolute Gasteiger partial charge is 0.369 e. The lowest BCUT2D eigenvalue weighted by Gasteiger charge is -2.35. The van der Waals surface area contributed by atoms with Crippen molar-refractivity contribution in [2.45, 2.75) is 32.2 Å². The Morgan fingerprint density at radius 2 is 1.93 bits per heavy atom. The van der Waals surface area contributed by atoms with Crippen LogP contribution in [0.1, 0.15) is 31.7 Å². The summed E-state index contributed by atoms with van der Waals surface area (Å²) in [5, 5.41) is 0. The standard InChI is InChI=1S/C13H18N/c1-11-6-8-13(9-7-11)14-10-4-3-5-12(14)2/h6-9,12H,1,3-5,10H2,2H3. The van der Waals surface area contributed by atoms with Gasteiger partial charge in [-0.2, -0.15) is 0 Å². The fraction of sp³-hybridized carbons (Fsp3) is 0.462. The molecular weight excluding hydrogens is 170 g/mol. The first kappa shape index (κ1) is 9.57. The summed E-state index contributed by atoms with van der Waals surface area (Å²) in [5.74, 6) is 0. The molecule has 2 rings (SSSR count). The molecule has 1 fully saturated rings. The van der Waals surface area contributed by atoms with E-state index in [-0.39, 0.29) is 0 Å². The minimum Gasteiger partial charge on any atom is -0.369 e. The van der Waals surface area contributed by atoms with Crippen molar-refractivity contribution in [3.63, 3.8) is 0 Å². The molecule has 0 aromatic heterocycles. The number of hydrogen-bond acceptors (Lipinski definition) is 1. The zero-order chi connectivity index (χ0) is 9.97. The van der Waals surface area contributed by atoms with Crippen LogP contribution >= 0.6 is 0 Å². The molecule has 1 aliphatic heterocycles. The fourth-order valence-electron chi connectivity index (χ4n) is 2.17. The molecule has 0 N–H and O–H groups in total. The van der Waals surface area contributed by atoms with Gasteiger partial charge in [-0.15, -0.1) is 0 Å². The highest BCUT2D eigenvalue weighted by atomic mass is 15.2. The van der Waals surface area contributed by atoms with Gasteiger partial charge in [0, 0.05) is 18.3 Å². The first-order chi connectivity index (χ1) is 6.77. The number of benzene rings is 1. The Labute approximate surface area is 86.7 Å². The van der Waals surface area contributed by atoms with E-state index in [1.807, 2.05) is 0 Å². The highest BCUT2D eigenvalue weighted by Gasteiger charge is 2.17. The quantitative estimate of drug-likeness (QED) is 0.654. The van der Waals surface area contributed by atoms with Gasteiger partial charge in [-0.3, -0.25) is 0 Å². The Hall–Kier alpha value is -0.980. The van der Waals surface area contributed by atoms with Crippen molar-refractivity contribution < 1.29 is 0 Å². The van der Waals surface area contributed by atoms with Crippen LogP contribution in [0.4, 0.5) is 5.69 Å². The van der Waals surface area contributed by atoms with E-state index in [4.69, 9.17) is 0 Å². The van der Waals surface area contributed by atoms with Crippen LogP contribution in [0.5, 0.6) is 0 Å². The first-order valence-electron chi connectivity index (χ1n) is 5.46. The normalized spacial score (nSPS) is 22.4. The van der Waals surface area contributed by atoms with Gasteiger partial charge in [0.1, 0.15) is 0 Å². The molecular formula is C13H18N. The van der Waals surface area contributed by atoms with E-state index in [0.29, 0.717) is 6.04 Å². The van der Waals surface area contributed by atoms with E-state index in [9.17, 15) is 0 Å². The fourth-order valence-corrected chi connectivity index (χ4v) is 2.17. The molecule has 14 heavy (non-hydrogen) atoms. The van der Waals surface area contributed by atoms with Crippen LogP contribution in [-0.2, 0) is 0 Å². The molecule has 1 nitrogen and oxygen atoms in total. The molecule has 75 valence electrons. The van der Waals surface area contributed by atoms with Gasteiger partial charge in [0.25, 0.3) is 0 Å². The lowest BCUT2D eigenvalue weighted by Crippen LogP contribution is -2.37. The molecule has 0 saturated carbocycles. The number of rotatable bonds is 1. The maximum absolute atomic E-state index is 3.91. The van der Waals surface area contributed by atoms with Crippen LogP contribution in [0, 0.1) is 6.92 Å². The van der Waals surface area contributed by atoms with Crippen molar-refractivity contribution in [2.24, 2.45) is 0 Å². The third-order valence-electron chi connectivity index (χ3n) is 3.07. The van der Waals surface area contributed by atoms with E-state index in [2.05, 4.69) is 43.0 Å². The third kappa shape index (κ3) is 1.92. The molecule has 1 heteroatoms. The summed E-state index contributed by atoms with van der Waals surface area (Å²) in [4.78, 5) is 2.50. The van der Waals surface area contributed by atoms with E-state index in [0.717, 1.165) is 5.56 Å². The number of anilines is 1. The van der Waals surface area contributed by atoms with Crippen LogP contribution in [0.15, 0.2) is 24.3 Å². The third-order valence-corrected chi connectivity index (χ3v) is 3.07. The van der Waals surface area contributed by atoms with Gasteiger partial charge in [-0.25, -0.2) is 0 Å². The summed E-state index contributed by atoms with van der Waals surface area (Å²) in [7, 11) is 0. The van der Waals surface area contributed by atoms with E-state index >= 15 is 0 Å². The van der Waals surface area contributed by atoms with Crippen molar-refractivity contribution in [1.29, 1.82) is 0 Å². The highest BCUT2D eigenvalue weighted by molar-refractivity contribution is 5.49. The Morgan fingerprint density at radius 1 is 1.21 bits per heavy atom. The molecule has 1 aromatic rings. The van der Waals surface area contributed by atoms with E-state index in [1.165, 1.54) is 31.5 Å². The number of hydrogen-bond donors (Lipinski definition) is 0. The summed E-state index contributed by atoms with van der Waals surface area (Å²) >= 11 is 0. The zero-order valence-corrected chi connectivity index (χ0v) is 8.87. The molecule has 1 aliphatic rings. The molecule has 1 atom stereocenters. The van der Waals surface area contributed by atoms with Gasteiger partial charge in [-0.1, -0.05) is 12.1 Å². The van der Waals surface area contributed by atoms with Crippen molar-refractivity contribution in [2.75, 3.05) is 11.4 Å².